The predicted molar refractivity (Wildman–Crippen MR) is 164 cm³/mol. The first-order valence-corrected chi connectivity index (χ1v) is 15.0. The molecule has 44 heavy (non-hydrogen) atoms. The van der Waals surface area contributed by atoms with Crippen molar-refractivity contribution in [3.05, 3.63) is 53.1 Å². The van der Waals surface area contributed by atoms with Gasteiger partial charge in [-0.25, -0.2) is 19.0 Å². The number of alkyl halides is 1. The average molecular weight is 604 g/mol. The summed E-state index contributed by atoms with van der Waals surface area (Å²) in [5.41, 5.74) is 4.72. The van der Waals surface area contributed by atoms with Crippen molar-refractivity contribution < 1.29 is 28.2 Å². The number of rotatable bonds is 8. The summed E-state index contributed by atoms with van der Waals surface area (Å²) < 4.78 is 28.4. The van der Waals surface area contributed by atoms with Crippen LogP contribution in [0.2, 0.25) is 0 Å². The fraction of sp³-hybridized carbons (Fsp3) is 0.455. The maximum Gasteiger partial charge on any atom is 0.408 e. The number of ether oxygens (including phenoxy) is 2. The van der Waals surface area contributed by atoms with Crippen LogP contribution in [-0.2, 0) is 29.5 Å². The minimum atomic E-state index is -0.881. The number of aryl methyl sites for hydroxylation is 1. The van der Waals surface area contributed by atoms with E-state index in [1.807, 2.05) is 31.3 Å². The van der Waals surface area contributed by atoms with Gasteiger partial charge in [0, 0.05) is 43.1 Å². The Morgan fingerprint density at radius 1 is 1.14 bits per heavy atom. The molecule has 4 aromatic rings. The quantitative estimate of drug-likeness (QED) is 0.276. The number of halogens is 1. The summed E-state index contributed by atoms with van der Waals surface area (Å²) in [5, 5.41) is 3.55. The summed E-state index contributed by atoms with van der Waals surface area (Å²) in [4.78, 5) is 44.7. The predicted octanol–water partition coefficient (Wildman–Crippen LogP) is 5.25. The molecule has 2 aromatic carbocycles. The molecule has 10 nitrogen and oxygen atoms in total. The van der Waals surface area contributed by atoms with Crippen LogP contribution < -0.4 is 5.32 Å². The van der Waals surface area contributed by atoms with E-state index in [4.69, 9.17) is 14.5 Å². The number of benzene rings is 2. The van der Waals surface area contributed by atoms with Crippen molar-refractivity contribution in [1.29, 1.82) is 0 Å². The highest BCUT2D eigenvalue weighted by Gasteiger charge is 2.30. The normalized spacial score (nSPS) is 15.9. The molecular weight excluding hydrogens is 565 g/mol. The number of methoxy groups -OCH3 is 1. The van der Waals surface area contributed by atoms with Gasteiger partial charge in [-0.2, -0.15) is 0 Å². The van der Waals surface area contributed by atoms with Crippen LogP contribution in [-0.4, -0.2) is 75.5 Å². The second-order valence-corrected chi connectivity index (χ2v) is 12.8. The number of fused-ring (bicyclic) bond motifs is 3. The zero-order chi connectivity index (χ0) is 31.3. The number of aromatic nitrogens is 3. The van der Waals surface area contributed by atoms with Gasteiger partial charge >= 0.3 is 12.1 Å². The number of nitrogens with zero attached hydrogens (tertiary/aromatic N) is 4. The van der Waals surface area contributed by atoms with Crippen LogP contribution in [0.15, 0.2) is 36.4 Å². The Kier molecular flexibility index (Phi) is 7.59. The minimum Gasteiger partial charge on any atom is -0.465 e. The smallest absolute Gasteiger partial charge is 0.408 e. The molecule has 3 heterocycles. The molecule has 232 valence electrons. The first kappa shape index (κ1) is 29.7. The van der Waals surface area contributed by atoms with E-state index in [1.165, 1.54) is 20.0 Å². The van der Waals surface area contributed by atoms with E-state index in [2.05, 4.69) is 20.5 Å². The molecule has 2 aromatic heterocycles. The Hall–Kier alpha value is -4.41. The number of esters is 1. The Morgan fingerprint density at radius 3 is 2.59 bits per heavy atom. The van der Waals surface area contributed by atoms with Crippen molar-refractivity contribution in [2.75, 3.05) is 26.9 Å². The lowest BCUT2D eigenvalue weighted by Gasteiger charge is -2.31. The molecular formula is C33H38FN5O5. The molecule has 0 radical (unpaired) electrons. The van der Waals surface area contributed by atoms with Crippen molar-refractivity contribution in [3.8, 4) is 11.5 Å². The van der Waals surface area contributed by atoms with Crippen LogP contribution in [0.25, 0.3) is 33.5 Å². The Morgan fingerprint density at radius 2 is 1.91 bits per heavy atom. The van der Waals surface area contributed by atoms with Gasteiger partial charge in [0.25, 0.3) is 5.91 Å². The molecule has 1 N–H and O–H groups in total. The molecule has 1 saturated carbocycles. The minimum absolute atomic E-state index is 0.0361. The molecule has 1 aliphatic heterocycles. The number of amides is 2. The first-order valence-electron chi connectivity index (χ1n) is 15.0. The first-order chi connectivity index (χ1) is 21.0. The molecule has 2 amide bonds. The van der Waals surface area contributed by atoms with Gasteiger partial charge in [-0.15, -0.1) is 0 Å². The van der Waals surface area contributed by atoms with Gasteiger partial charge in [-0.1, -0.05) is 6.07 Å². The summed E-state index contributed by atoms with van der Waals surface area (Å²) in [6.07, 6.45) is 2.22. The van der Waals surface area contributed by atoms with Crippen LogP contribution in [0.4, 0.5) is 9.18 Å². The third-order valence-electron chi connectivity index (χ3n) is 8.31. The van der Waals surface area contributed by atoms with E-state index in [0.717, 1.165) is 40.0 Å². The van der Waals surface area contributed by atoms with Crippen LogP contribution in [0, 0.1) is 5.92 Å². The Balaban J connectivity index is 1.32. The zero-order valence-corrected chi connectivity index (χ0v) is 25.8. The molecule has 2 aliphatic rings. The van der Waals surface area contributed by atoms with Crippen LogP contribution in [0.1, 0.15) is 59.9 Å². The summed E-state index contributed by atoms with van der Waals surface area (Å²) in [7, 11) is 3.35. The lowest BCUT2D eigenvalue weighted by atomic mass is 9.97. The second-order valence-electron chi connectivity index (χ2n) is 12.8. The number of carbonyl (C=O) groups is 3. The topological polar surface area (TPSA) is 108 Å². The Bertz CT molecular complexity index is 1780. The number of alkyl carbamates (subject to hydrolysis) is 1. The van der Waals surface area contributed by atoms with E-state index in [1.54, 1.807) is 31.7 Å². The molecule has 1 atom stereocenters. The standard InChI is InChI=1S/C33H38FN5O5/c1-33(2,3)44-32(42)35-23(16-34)18-38-11-10-20-12-27-25(15-24(20)30(38)40)36-29(37(27)4)28-13-21-8-9-22(31(41)43-5)14-26(21)39(28)17-19-6-7-19/h8-9,12-15,19,23H,6-7,10-11,16-18H2,1-5H3,(H,35,42)/t23-/m1/s1. The zero-order valence-electron chi connectivity index (χ0n) is 25.8. The van der Waals surface area contributed by atoms with Gasteiger partial charge in [0.15, 0.2) is 5.82 Å². The van der Waals surface area contributed by atoms with E-state index >= 15 is 0 Å². The highest BCUT2D eigenvalue weighted by atomic mass is 19.1. The Labute approximate surface area is 255 Å². The van der Waals surface area contributed by atoms with Gasteiger partial charge in [0.1, 0.15) is 12.3 Å². The largest absolute Gasteiger partial charge is 0.465 e. The molecule has 11 heteroatoms. The molecule has 0 unspecified atom stereocenters. The maximum atomic E-state index is 13.9. The van der Waals surface area contributed by atoms with Gasteiger partial charge in [-0.05, 0) is 81.8 Å². The molecule has 0 bridgehead atoms. The average Bonchev–Trinajstić information content (AvgIpc) is 3.66. The number of imidazole rings is 1. The lowest BCUT2D eigenvalue weighted by molar-refractivity contribution is 0.0465. The van der Waals surface area contributed by atoms with E-state index in [-0.39, 0.29) is 18.4 Å². The summed E-state index contributed by atoms with van der Waals surface area (Å²) in [6, 6.07) is 10.6. The van der Waals surface area contributed by atoms with Crippen molar-refractivity contribution in [1.82, 2.24) is 24.3 Å². The van der Waals surface area contributed by atoms with E-state index in [9.17, 15) is 18.8 Å². The van der Waals surface area contributed by atoms with E-state index < -0.39 is 24.4 Å². The SMILES string of the molecule is COC(=O)c1ccc2cc(-c3nc4cc5c(cc4n3C)CCN(C[C@@H](CF)NC(=O)OC(C)(C)C)C5=O)n(CC3CC3)c2c1. The van der Waals surface area contributed by atoms with Crippen molar-refractivity contribution >= 4 is 39.9 Å². The van der Waals surface area contributed by atoms with Crippen molar-refractivity contribution in [2.45, 2.75) is 58.2 Å². The molecule has 0 spiro atoms. The fourth-order valence-electron chi connectivity index (χ4n) is 5.93. The van der Waals surface area contributed by atoms with Gasteiger partial charge in [0.2, 0.25) is 0 Å². The van der Waals surface area contributed by atoms with Crippen LogP contribution in [0.5, 0.6) is 0 Å². The van der Waals surface area contributed by atoms with Crippen LogP contribution >= 0.6 is 0 Å². The second kappa shape index (κ2) is 11.3. The van der Waals surface area contributed by atoms with Gasteiger partial charge < -0.3 is 28.8 Å². The number of hydrogen-bond donors (Lipinski definition) is 1. The summed E-state index contributed by atoms with van der Waals surface area (Å²) >= 11 is 0. The monoisotopic (exact) mass is 603 g/mol. The van der Waals surface area contributed by atoms with Gasteiger partial charge in [-0.3, -0.25) is 4.79 Å². The number of hydrogen-bond acceptors (Lipinski definition) is 6. The highest BCUT2D eigenvalue weighted by molar-refractivity contribution is 6.01. The number of nitrogens with one attached hydrogen (secondary N) is 1. The van der Waals surface area contributed by atoms with Gasteiger partial charge in [0.05, 0.1) is 35.4 Å². The molecule has 0 saturated heterocycles. The van der Waals surface area contributed by atoms with E-state index in [0.29, 0.717) is 35.5 Å². The molecule has 1 fully saturated rings. The molecule has 1 aliphatic carbocycles. The fourth-order valence-corrected chi connectivity index (χ4v) is 5.93. The molecule has 6 rings (SSSR count). The maximum absolute atomic E-state index is 13.9. The lowest BCUT2D eigenvalue weighted by Crippen LogP contribution is -2.50. The van der Waals surface area contributed by atoms with Crippen LogP contribution in [0.3, 0.4) is 0 Å². The summed E-state index contributed by atoms with van der Waals surface area (Å²) in [6.45, 7) is 5.65. The van der Waals surface area contributed by atoms with Crippen molar-refractivity contribution in [3.63, 3.8) is 0 Å². The highest BCUT2D eigenvalue weighted by Crippen LogP contribution is 2.37. The third-order valence-corrected chi connectivity index (χ3v) is 8.31. The summed E-state index contributed by atoms with van der Waals surface area (Å²) in [5.74, 6) is 0.748. The third kappa shape index (κ3) is 5.75. The van der Waals surface area contributed by atoms with Crippen molar-refractivity contribution in [2.24, 2.45) is 13.0 Å². The number of carbonyl (C=O) groups excluding carboxylic acids is 3.